The van der Waals surface area contributed by atoms with E-state index in [9.17, 15) is 10.2 Å². The molecule has 3 aliphatic carbocycles. The SMILES string of the molecule is CC(O)[C@H]1CC[C@H]2[C@@H]3CCC4(CC3[C@@H](O)C[C@]12C)OCCO4. The quantitative estimate of drug-likeness (QED) is 0.780. The van der Waals surface area contributed by atoms with Crippen molar-refractivity contribution in [3.63, 3.8) is 0 Å². The molecule has 1 heterocycles. The Morgan fingerprint density at radius 3 is 2.45 bits per heavy atom. The minimum Gasteiger partial charge on any atom is -0.393 e. The number of ether oxygens (including phenoxy) is 2. The number of hydrogen-bond donors (Lipinski definition) is 2. The highest BCUT2D eigenvalue weighted by atomic mass is 16.7. The number of aliphatic hydroxyl groups is 2. The first kappa shape index (κ1) is 15.4. The van der Waals surface area contributed by atoms with Crippen LogP contribution in [0.15, 0.2) is 0 Å². The fourth-order valence-corrected chi connectivity index (χ4v) is 6.59. The van der Waals surface area contributed by atoms with Crippen molar-refractivity contribution >= 4 is 0 Å². The molecule has 1 spiro atoms. The van der Waals surface area contributed by atoms with Gasteiger partial charge in [0.15, 0.2) is 5.79 Å². The molecule has 0 aromatic rings. The summed E-state index contributed by atoms with van der Waals surface area (Å²) in [5.74, 6) is 1.44. The Balaban J connectivity index is 1.59. The summed E-state index contributed by atoms with van der Waals surface area (Å²) in [5.41, 5.74) is 0.0939. The zero-order chi connectivity index (χ0) is 15.5. The Morgan fingerprint density at radius 2 is 1.77 bits per heavy atom. The van der Waals surface area contributed by atoms with E-state index in [1.54, 1.807) is 0 Å². The summed E-state index contributed by atoms with van der Waals surface area (Å²) >= 11 is 0. The number of fused-ring (bicyclic) bond motifs is 3. The Bertz CT molecular complexity index is 431. The van der Waals surface area contributed by atoms with Crippen LogP contribution in [0.5, 0.6) is 0 Å². The van der Waals surface area contributed by atoms with E-state index in [-0.39, 0.29) is 17.6 Å². The van der Waals surface area contributed by atoms with E-state index in [0.717, 1.165) is 32.1 Å². The van der Waals surface area contributed by atoms with Crippen molar-refractivity contribution in [2.45, 2.75) is 70.4 Å². The average molecular weight is 310 g/mol. The largest absolute Gasteiger partial charge is 0.393 e. The Labute approximate surface area is 133 Å². The average Bonchev–Trinajstić information content (AvgIpc) is 3.04. The zero-order valence-electron chi connectivity index (χ0n) is 13.8. The van der Waals surface area contributed by atoms with Gasteiger partial charge in [-0.3, -0.25) is 0 Å². The number of hydrogen-bond acceptors (Lipinski definition) is 4. The molecular weight excluding hydrogens is 280 g/mol. The molecule has 2 N–H and O–H groups in total. The lowest BCUT2D eigenvalue weighted by atomic mass is 9.53. The molecule has 126 valence electrons. The van der Waals surface area contributed by atoms with Crippen LogP contribution in [-0.2, 0) is 9.47 Å². The van der Waals surface area contributed by atoms with Crippen LogP contribution in [0, 0.1) is 29.1 Å². The van der Waals surface area contributed by atoms with E-state index in [4.69, 9.17) is 9.47 Å². The van der Waals surface area contributed by atoms with E-state index in [1.165, 1.54) is 6.42 Å². The number of rotatable bonds is 1. The third-order valence-electron chi connectivity index (χ3n) is 7.49. The van der Waals surface area contributed by atoms with Gasteiger partial charge in [0.25, 0.3) is 0 Å². The molecule has 0 amide bonds. The second kappa shape index (κ2) is 5.17. The molecule has 0 radical (unpaired) electrons. The minimum atomic E-state index is -0.405. The third-order valence-corrected chi connectivity index (χ3v) is 7.49. The van der Waals surface area contributed by atoms with Crippen LogP contribution in [-0.4, -0.2) is 41.4 Å². The standard InChI is InChI=1S/C18H30O4/c1-11(19)14-3-4-15-12-5-6-18(21-7-8-22-18)9-13(12)16(20)10-17(14,15)2/h11-16,19-20H,3-10H2,1-2H3/t11?,12-,13?,14-,15+,16+,17-/m1/s1. The molecule has 0 aromatic heterocycles. The van der Waals surface area contributed by atoms with Gasteiger partial charge in [-0.2, -0.15) is 0 Å². The van der Waals surface area contributed by atoms with Gasteiger partial charge in [0.1, 0.15) is 0 Å². The molecule has 4 aliphatic rings. The summed E-state index contributed by atoms with van der Waals surface area (Å²) in [6.07, 6.45) is 5.49. The van der Waals surface area contributed by atoms with Crippen molar-refractivity contribution < 1.29 is 19.7 Å². The highest BCUT2D eigenvalue weighted by Gasteiger charge is 2.60. The molecule has 4 fully saturated rings. The van der Waals surface area contributed by atoms with E-state index in [2.05, 4.69) is 6.92 Å². The van der Waals surface area contributed by atoms with Crippen LogP contribution in [0.1, 0.15) is 52.4 Å². The first-order chi connectivity index (χ1) is 10.5. The van der Waals surface area contributed by atoms with Crippen LogP contribution in [0.2, 0.25) is 0 Å². The molecule has 1 saturated heterocycles. The summed E-state index contributed by atoms with van der Waals surface area (Å²) in [4.78, 5) is 0. The van der Waals surface area contributed by atoms with E-state index in [1.807, 2.05) is 6.92 Å². The predicted octanol–water partition coefficient (Wildman–Crippen LogP) is 2.32. The maximum Gasteiger partial charge on any atom is 0.168 e. The summed E-state index contributed by atoms with van der Waals surface area (Å²) in [6, 6.07) is 0. The van der Waals surface area contributed by atoms with Gasteiger partial charge in [0.2, 0.25) is 0 Å². The van der Waals surface area contributed by atoms with Gasteiger partial charge >= 0.3 is 0 Å². The van der Waals surface area contributed by atoms with Gasteiger partial charge in [0, 0.05) is 12.8 Å². The van der Waals surface area contributed by atoms with Crippen molar-refractivity contribution in [2.24, 2.45) is 29.1 Å². The fraction of sp³-hybridized carbons (Fsp3) is 1.00. The van der Waals surface area contributed by atoms with Crippen LogP contribution < -0.4 is 0 Å². The topological polar surface area (TPSA) is 58.9 Å². The third kappa shape index (κ3) is 2.10. The molecule has 4 heteroatoms. The lowest BCUT2D eigenvalue weighted by molar-refractivity contribution is -0.224. The lowest BCUT2D eigenvalue weighted by Gasteiger charge is -2.55. The smallest absolute Gasteiger partial charge is 0.168 e. The minimum absolute atomic E-state index is 0.0939. The maximum atomic E-state index is 10.9. The van der Waals surface area contributed by atoms with Crippen molar-refractivity contribution in [1.29, 1.82) is 0 Å². The summed E-state index contributed by atoms with van der Waals surface area (Å²) in [6.45, 7) is 5.62. The van der Waals surface area contributed by atoms with Gasteiger partial charge in [-0.15, -0.1) is 0 Å². The Morgan fingerprint density at radius 1 is 1.05 bits per heavy atom. The van der Waals surface area contributed by atoms with Crippen molar-refractivity contribution in [2.75, 3.05) is 13.2 Å². The van der Waals surface area contributed by atoms with Crippen molar-refractivity contribution in [3.05, 3.63) is 0 Å². The van der Waals surface area contributed by atoms with Crippen LogP contribution >= 0.6 is 0 Å². The van der Waals surface area contributed by atoms with Crippen molar-refractivity contribution in [3.8, 4) is 0 Å². The zero-order valence-corrected chi connectivity index (χ0v) is 13.8. The van der Waals surface area contributed by atoms with E-state index < -0.39 is 5.79 Å². The first-order valence-corrected chi connectivity index (χ1v) is 9.09. The van der Waals surface area contributed by atoms with Gasteiger partial charge in [0.05, 0.1) is 25.4 Å². The normalized spacial score (nSPS) is 51.5. The molecule has 2 unspecified atom stereocenters. The maximum absolute atomic E-state index is 10.9. The molecular formula is C18H30O4. The van der Waals surface area contributed by atoms with Crippen LogP contribution in [0.4, 0.5) is 0 Å². The Kier molecular flexibility index (Phi) is 3.61. The van der Waals surface area contributed by atoms with Crippen LogP contribution in [0.3, 0.4) is 0 Å². The van der Waals surface area contributed by atoms with Gasteiger partial charge in [-0.25, -0.2) is 0 Å². The van der Waals surface area contributed by atoms with E-state index in [0.29, 0.717) is 36.9 Å². The highest BCUT2D eigenvalue weighted by molar-refractivity contribution is 5.08. The van der Waals surface area contributed by atoms with Gasteiger partial charge in [-0.1, -0.05) is 6.92 Å². The second-order valence-electron chi connectivity index (χ2n) is 8.49. The molecule has 7 atom stereocenters. The molecule has 1 aliphatic heterocycles. The molecule has 22 heavy (non-hydrogen) atoms. The second-order valence-corrected chi connectivity index (χ2v) is 8.49. The lowest BCUT2D eigenvalue weighted by Crippen LogP contribution is -2.54. The molecule has 4 nitrogen and oxygen atoms in total. The molecule has 4 rings (SSSR count). The Hall–Kier alpha value is -0.160. The highest BCUT2D eigenvalue weighted by Crippen LogP contribution is 2.63. The molecule has 0 aromatic carbocycles. The van der Waals surface area contributed by atoms with Gasteiger partial charge < -0.3 is 19.7 Å². The monoisotopic (exact) mass is 310 g/mol. The van der Waals surface area contributed by atoms with E-state index >= 15 is 0 Å². The summed E-state index contributed by atoms with van der Waals surface area (Å²) < 4.78 is 11.8. The summed E-state index contributed by atoms with van der Waals surface area (Å²) in [7, 11) is 0. The summed E-state index contributed by atoms with van der Waals surface area (Å²) in [5, 5.41) is 21.1. The molecule has 0 bridgehead atoms. The van der Waals surface area contributed by atoms with Gasteiger partial charge in [-0.05, 0) is 61.7 Å². The predicted molar refractivity (Wildman–Crippen MR) is 82.1 cm³/mol. The first-order valence-electron chi connectivity index (χ1n) is 9.09. The fourth-order valence-electron chi connectivity index (χ4n) is 6.59. The molecule has 3 saturated carbocycles. The number of aliphatic hydroxyl groups excluding tert-OH is 2. The van der Waals surface area contributed by atoms with Crippen LogP contribution in [0.25, 0.3) is 0 Å². The van der Waals surface area contributed by atoms with Crippen molar-refractivity contribution in [1.82, 2.24) is 0 Å².